The van der Waals surface area contributed by atoms with Gasteiger partial charge in [0.25, 0.3) is 0 Å². The molecule has 0 radical (unpaired) electrons. The quantitative estimate of drug-likeness (QED) is 0.636. The summed E-state index contributed by atoms with van der Waals surface area (Å²) in [6.07, 6.45) is 0.706. The van der Waals surface area contributed by atoms with E-state index in [4.69, 9.17) is 23.2 Å². The van der Waals surface area contributed by atoms with Gasteiger partial charge < -0.3 is 0 Å². The van der Waals surface area contributed by atoms with Crippen molar-refractivity contribution >= 4 is 29.5 Å². The van der Waals surface area contributed by atoms with E-state index in [-0.39, 0.29) is 0 Å². The van der Waals surface area contributed by atoms with E-state index in [0.717, 1.165) is 0 Å². The van der Waals surface area contributed by atoms with E-state index in [2.05, 4.69) is 0 Å². The predicted molar refractivity (Wildman–Crippen MR) is 53.2 cm³/mol. The number of halogens is 2. The summed E-state index contributed by atoms with van der Waals surface area (Å²) in [6.45, 7) is 4.00. The Hall–Kier alpha value is -0.530. The Morgan fingerprint density at radius 2 is 1.50 bits per heavy atom. The van der Waals surface area contributed by atoms with E-state index < -0.39 is 0 Å². The largest absolute Gasteiger partial charge is 0.298 e. The lowest BCUT2D eigenvalue weighted by Crippen LogP contribution is -1.77. The lowest BCUT2D eigenvalue weighted by Gasteiger charge is -1.92. The molecule has 0 aliphatic heterocycles. The molecule has 0 fully saturated rings. The molecule has 12 heavy (non-hydrogen) atoms. The monoisotopic (exact) mass is 204 g/mol. The molecule has 0 amide bonds. The number of aldehydes is 1. The van der Waals surface area contributed by atoms with E-state index in [1.54, 1.807) is 18.2 Å². The van der Waals surface area contributed by atoms with Crippen LogP contribution in [-0.4, -0.2) is 6.29 Å². The van der Waals surface area contributed by atoms with Crippen LogP contribution in [-0.2, 0) is 0 Å². The summed E-state index contributed by atoms with van der Waals surface area (Å²) in [5.41, 5.74) is 0.498. The Balaban J connectivity index is 0.000000561. The molecule has 0 saturated heterocycles. The van der Waals surface area contributed by atoms with Gasteiger partial charge >= 0.3 is 0 Å². The van der Waals surface area contributed by atoms with Crippen molar-refractivity contribution in [2.24, 2.45) is 0 Å². The summed E-state index contributed by atoms with van der Waals surface area (Å²) >= 11 is 11.2. The van der Waals surface area contributed by atoms with Gasteiger partial charge in [0.15, 0.2) is 0 Å². The molecule has 0 aliphatic carbocycles. The van der Waals surface area contributed by atoms with Gasteiger partial charge in [-0.15, -0.1) is 0 Å². The molecule has 0 heterocycles. The van der Waals surface area contributed by atoms with E-state index in [1.165, 1.54) is 0 Å². The third-order valence-corrected chi connectivity index (χ3v) is 1.46. The first-order chi connectivity index (χ1) is 5.72. The zero-order valence-electron chi connectivity index (χ0n) is 6.97. The van der Waals surface area contributed by atoms with Crippen molar-refractivity contribution in [3.05, 3.63) is 33.8 Å². The predicted octanol–water partition coefficient (Wildman–Crippen LogP) is 3.83. The van der Waals surface area contributed by atoms with Gasteiger partial charge in [-0.25, -0.2) is 0 Å². The normalized spacial score (nSPS) is 8.33. The van der Waals surface area contributed by atoms with Crippen molar-refractivity contribution in [2.45, 2.75) is 13.8 Å². The molecule has 3 heteroatoms. The van der Waals surface area contributed by atoms with Gasteiger partial charge in [0.05, 0.1) is 0 Å². The summed E-state index contributed by atoms with van der Waals surface area (Å²) in [7, 11) is 0. The zero-order valence-corrected chi connectivity index (χ0v) is 8.49. The average Bonchev–Trinajstić information content (AvgIpc) is 2.06. The van der Waals surface area contributed by atoms with Crippen LogP contribution in [0.2, 0.25) is 10.0 Å². The lowest BCUT2D eigenvalue weighted by molar-refractivity contribution is 0.112. The van der Waals surface area contributed by atoms with Gasteiger partial charge in [0.2, 0.25) is 0 Å². The highest BCUT2D eigenvalue weighted by Crippen LogP contribution is 2.17. The van der Waals surface area contributed by atoms with E-state index >= 15 is 0 Å². The summed E-state index contributed by atoms with van der Waals surface area (Å²) < 4.78 is 0. The minimum Gasteiger partial charge on any atom is -0.298 e. The Morgan fingerprint density at radius 3 is 1.83 bits per heavy atom. The molecule has 0 spiro atoms. The first-order valence-electron chi connectivity index (χ1n) is 3.63. The van der Waals surface area contributed by atoms with Gasteiger partial charge in [-0.1, -0.05) is 37.0 Å². The van der Waals surface area contributed by atoms with Gasteiger partial charge in [-0.3, -0.25) is 4.79 Å². The molecule has 1 aromatic carbocycles. The van der Waals surface area contributed by atoms with Crippen molar-refractivity contribution in [1.82, 2.24) is 0 Å². The summed E-state index contributed by atoms with van der Waals surface area (Å²) in [5.74, 6) is 0. The van der Waals surface area contributed by atoms with Crippen LogP contribution in [0.3, 0.4) is 0 Å². The Morgan fingerprint density at radius 1 is 1.08 bits per heavy atom. The van der Waals surface area contributed by atoms with Gasteiger partial charge in [-0.2, -0.15) is 0 Å². The summed E-state index contributed by atoms with van der Waals surface area (Å²) in [5, 5.41) is 0.962. The fourth-order valence-corrected chi connectivity index (χ4v) is 1.19. The second kappa shape index (κ2) is 6.04. The average molecular weight is 205 g/mol. The molecular weight excluding hydrogens is 195 g/mol. The molecule has 1 rings (SSSR count). The maximum absolute atomic E-state index is 10.2. The molecular formula is C9H10Cl2O. The number of carbonyl (C=O) groups is 1. The zero-order chi connectivity index (χ0) is 9.56. The van der Waals surface area contributed by atoms with Gasteiger partial charge in [0.1, 0.15) is 6.29 Å². The van der Waals surface area contributed by atoms with E-state index in [0.29, 0.717) is 21.9 Å². The molecule has 1 nitrogen and oxygen atoms in total. The molecule has 0 aromatic heterocycles. The first-order valence-corrected chi connectivity index (χ1v) is 4.39. The fourth-order valence-electron chi connectivity index (χ4n) is 0.643. The van der Waals surface area contributed by atoms with Crippen LogP contribution in [0, 0.1) is 0 Å². The first kappa shape index (κ1) is 11.5. The van der Waals surface area contributed by atoms with Gasteiger partial charge in [0, 0.05) is 15.6 Å². The van der Waals surface area contributed by atoms with Crippen LogP contribution >= 0.6 is 23.2 Å². The Kier molecular flexibility index (Phi) is 5.77. The standard InChI is InChI=1S/C7H4Cl2O.C2H6/c8-6-1-5(4-10)2-7(9)3-6;1-2/h1-4H;1-2H3. The highest BCUT2D eigenvalue weighted by molar-refractivity contribution is 6.35. The second-order valence-electron chi connectivity index (χ2n) is 1.82. The Labute approximate surface area is 82.3 Å². The van der Waals surface area contributed by atoms with Crippen LogP contribution in [0.25, 0.3) is 0 Å². The SMILES string of the molecule is CC.O=Cc1cc(Cl)cc(Cl)c1. The lowest BCUT2D eigenvalue weighted by atomic mass is 10.2. The third-order valence-electron chi connectivity index (χ3n) is 1.02. The molecule has 1 aromatic rings. The summed E-state index contributed by atoms with van der Waals surface area (Å²) in [6, 6.07) is 4.69. The van der Waals surface area contributed by atoms with E-state index in [9.17, 15) is 4.79 Å². The maximum Gasteiger partial charge on any atom is 0.150 e. The smallest absolute Gasteiger partial charge is 0.150 e. The van der Waals surface area contributed by atoms with Crippen molar-refractivity contribution in [2.75, 3.05) is 0 Å². The van der Waals surface area contributed by atoms with Crippen LogP contribution in [0.1, 0.15) is 24.2 Å². The number of rotatable bonds is 1. The van der Waals surface area contributed by atoms with Crippen molar-refractivity contribution in [1.29, 1.82) is 0 Å². The minimum absolute atomic E-state index is 0.481. The molecule has 0 aliphatic rings. The van der Waals surface area contributed by atoms with Gasteiger partial charge in [-0.05, 0) is 18.2 Å². The van der Waals surface area contributed by atoms with Crippen LogP contribution in [0.4, 0.5) is 0 Å². The minimum atomic E-state index is 0.481. The highest BCUT2D eigenvalue weighted by atomic mass is 35.5. The molecule has 0 saturated carbocycles. The molecule has 0 N–H and O–H groups in total. The third kappa shape index (κ3) is 3.74. The molecule has 0 bridgehead atoms. The van der Waals surface area contributed by atoms with Crippen molar-refractivity contribution in [3.63, 3.8) is 0 Å². The Bertz CT molecular complexity index is 238. The molecule has 0 unspecified atom stereocenters. The van der Waals surface area contributed by atoms with Crippen LogP contribution in [0.5, 0.6) is 0 Å². The van der Waals surface area contributed by atoms with Crippen molar-refractivity contribution in [3.8, 4) is 0 Å². The van der Waals surface area contributed by atoms with Crippen molar-refractivity contribution < 1.29 is 4.79 Å². The number of hydrogen-bond acceptors (Lipinski definition) is 1. The maximum atomic E-state index is 10.2. The number of benzene rings is 1. The summed E-state index contributed by atoms with van der Waals surface area (Å²) in [4.78, 5) is 10.2. The topological polar surface area (TPSA) is 17.1 Å². The van der Waals surface area contributed by atoms with E-state index in [1.807, 2.05) is 13.8 Å². The molecule has 66 valence electrons. The fraction of sp³-hybridized carbons (Fsp3) is 0.222. The number of hydrogen-bond donors (Lipinski definition) is 0. The van der Waals surface area contributed by atoms with Crippen LogP contribution < -0.4 is 0 Å². The highest BCUT2D eigenvalue weighted by Gasteiger charge is 1.94. The molecule has 0 atom stereocenters. The second-order valence-corrected chi connectivity index (χ2v) is 2.69. The van der Waals surface area contributed by atoms with Crippen LogP contribution in [0.15, 0.2) is 18.2 Å². The number of carbonyl (C=O) groups excluding carboxylic acids is 1.